The van der Waals surface area contributed by atoms with Gasteiger partial charge >= 0.3 is 0 Å². The number of pyridine rings is 1. The minimum atomic E-state index is 0.658. The number of aromatic nitrogens is 1. The first-order valence-corrected chi connectivity index (χ1v) is 3.22. The second-order valence-electron chi connectivity index (χ2n) is 2.19. The van der Waals surface area contributed by atoms with E-state index in [1.807, 2.05) is 24.0 Å². The SMILES string of the molecule is COc1cn(C)ccc1=NN. The molecule has 0 radical (unpaired) electrons. The minimum absolute atomic E-state index is 0.658. The molecule has 0 aliphatic rings. The Balaban J connectivity index is 3.29. The molecule has 0 saturated heterocycles. The fourth-order valence-corrected chi connectivity index (χ4v) is 0.828. The molecule has 0 aliphatic heterocycles. The molecule has 1 aromatic rings. The topological polar surface area (TPSA) is 52.5 Å². The molecule has 1 rings (SSSR count). The molecular weight excluding hydrogens is 142 g/mol. The van der Waals surface area contributed by atoms with Crippen LogP contribution in [0.15, 0.2) is 23.6 Å². The van der Waals surface area contributed by atoms with E-state index in [-0.39, 0.29) is 0 Å². The first-order valence-electron chi connectivity index (χ1n) is 3.22. The summed E-state index contributed by atoms with van der Waals surface area (Å²) in [7, 11) is 3.49. The van der Waals surface area contributed by atoms with Gasteiger partial charge in [-0.3, -0.25) is 0 Å². The molecule has 60 valence electrons. The number of nitrogens with two attached hydrogens (primary N) is 1. The van der Waals surface area contributed by atoms with Crippen molar-refractivity contribution < 1.29 is 4.74 Å². The summed E-state index contributed by atoms with van der Waals surface area (Å²) in [5, 5.41) is 4.20. The Labute approximate surface area is 64.9 Å². The van der Waals surface area contributed by atoms with Crippen molar-refractivity contribution >= 4 is 0 Å². The Morgan fingerprint density at radius 2 is 2.36 bits per heavy atom. The van der Waals surface area contributed by atoms with Gasteiger partial charge in [0, 0.05) is 19.4 Å². The molecule has 1 aromatic heterocycles. The molecule has 0 aliphatic carbocycles. The largest absolute Gasteiger partial charge is 0.493 e. The van der Waals surface area contributed by atoms with Gasteiger partial charge in [-0.05, 0) is 6.07 Å². The van der Waals surface area contributed by atoms with Crippen molar-refractivity contribution in [3.8, 4) is 5.75 Å². The normalized spacial score (nSPS) is 11.6. The maximum absolute atomic E-state index is 5.11. The highest BCUT2D eigenvalue weighted by molar-refractivity contribution is 5.15. The summed E-state index contributed by atoms with van der Waals surface area (Å²) >= 11 is 0. The van der Waals surface area contributed by atoms with Gasteiger partial charge in [-0.25, -0.2) is 0 Å². The third-order valence-electron chi connectivity index (χ3n) is 1.40. The van der Waals surface area contributed by atoms with E-state index in [9.17, 15) is 0 Å². The van der Waals surface area contributed by atoms with E-state index in [0.717, 1.165) is 0 Å². The lowest BCUT2D eigenvalue weighted by Gasteiger charge is -2.02. The summed E-state index contributed by atoms with van der Waals surface area (Å²) in [6, 6.07) is 1.79. The standard InChI is InChI=1S/C7H11N3O/c1-10-4-3-6(9-8)7(5-10)11-2/h3-5H,8H2,1-2H3. The van der Waals surface area contributed by atoms with E-state index in [0.29, 0.717) is 11.1 Å². The molecule has 0 amide bonds. The van der Waals surface area contributed by atoms with E-state index >= 15 is 0 Å². The maximum Gasteiger partial charge on any atom is 0.162 e. The van der Waals surface area contributed by atoms with Crippen molar-refractivity contribution in [1.82, 2.24) is 4.57 Å². The molecule has 0 fully saturated rings. The summed E-state index contributed by atoms with van der Waals surface area (Å²) < 4.78 is 6.89. The predicted molar refractivity (Wildman–Crippen MR) is 41.7 cm³/mol. The van der Waals surface area contributed by atoms with Crippen LogP contribution in [0, 0.1) is 0 Å². The van der Waals surface area contributed by atoms with E-state index in [2.05, 4.69) is 5.10 Å². The van der Waals surface area contributed by atoms with E-state index < -0.39 is 0 Å². The van der Waals surface area contributed by atoms with Gasteiger partial charge in [-0.15, -0.1) is 0 Å². The van der Waals surface area contributed by atoms with Crippen LogP contribution in [0.2, 0.25) is 0 Å². The Hall–Kier alpha value is -1.45. The summed E-state index contributed by atoms with van der Waals surface area (Å²) in [5.74, 6) is 5.79. The monoisotopic (exact) mass is 153 g/mol. The van der Waals surface area contributed by atoms with Gasteiger partial charge in [0.05, 0.1) is 7.11 Å². The van der Waals surface area contributed by atoms with Crippen molar-refractivity contribution in [1.29, 1.82) is 0 Å². The Morgan fingerprint density at radius 3 is 2.91 bits per heavy atom. The zero-order chi connectivity index (χ0) is 8.27. The second-order valence-corrected chi connectivity index (χ2v) is 2.19. The molecule has 4 nitrogen and oxygen atoms in total. The molecular formula is C7H11N3O. The number of hydrogen-bond donors (Lipinski definition) is 1. The second kappa shape index (κ2) is 3.09. The quantitative estimate of drug-likeness (QED) is 0.449. The predicted octanol–water partition coefficient (Wildman–Crippen LogP) is -0.192. The van der Waals surface area contributed by atoms with Gasteiger partial charge in [0.15, 0.2) is 5.75 Å². The van der Waals surface area contributed by atoms with E-state index in [1.54, 1.807) is 13.2 Å². The highest BCUT2D eigenvalue weighted by Gasteiger charge is 1.93. The molecule has 4 heteroatoms. The van der Waals surface area contributed by atoms with Gasteiger partial charge in [-0.1, -0.05) is 0 Å². The molecule has 2 N–H and O–H groups in total. The molecule has 0 aromatic carbocycles. The lowest BCUT2D eigenvalue weighted by molar-refractivity contribution is 0.404. The third-order valence-corrected chi connectivity index (χ3v) is 1.40. The highest BCUT2D eigenvalue weighted by atomic mass is 16.5. The first kappa shape index (κ1) is 7.65. The number of methoxy groups -OCH3 is 1. The lowest BCUT2D eigenvalue weighted by Crippen LogP contribution is -2.10. The van der Waals surface area contributed by atoms with Gasteiger partial charge in [0.25, 0.3) is 0 Å². The maximum atomic E-state index is 5.11. The molecule has 1 heterocycles. The summed E-state index contributed by atoms with van der Waals surface area (Å²) in [4.78, 5) is 0. The van der Waals surface area contributed by atoms with Crippen LogP contribution in [0.4, 0.5) is 0 Å². The van der Waals surface area contributed by atoms with Crippen molar-refractivity contribution in [3.63, 3.8) is 0 Å². The van der Waals surface area contributed by atoms with Crippen molar-refractivity contribution in [3.05, 3.63) is 23.8 Å². The Kier molecular flexibility index (Phi) is 2.15. The van der Waals surface area contributed by atoms with Crippen LogP contribution in [0.1, 0.15) is 0 Å². The fourth-order valence-electron chi connectivity index (χ4n) is 0.828. The first-order chi connectivity index (χ1) is 5.27. The summed E-state index contributed by atoms with van der Waals surface area (Å²) in [5.41, 5.74) is 0. The third kappa shape index (κ3) is 1.52. The minimum Gasteiger partial charge on any atom is -0.493 e. The molecule has 0 bridgehead atoms. The van der Waals surface area contributed by atoms with Crippen molar-refractivity contribution in [2.24, 2.45) is 18.0 Å². The van der Waals surface area contributed by atoms with Crippen molar-refractivity contribution in [2.45, 2.75) is 0 Å². The Bertz CT molecular complexity index is 303. The van der Waals surface area contributed by atoms with Crippen LogP contribution >= 0.6 is 0 Å². The molecule has 0 unspecified atom stereocenters. The average molecular weight is 153 g/mol. The molecule has 11 heavy (non-hydrogen) atoms. The zero-order valence-corrected chi connectivity index (χ0v) is 6.61. The number of rotatable bonds is 1. The smallest absolute Gasteiger partial charge is 0.162 e. The van der Waals surface area contributed by atoms with Crippen LogP contribution < -0.4 is 15.9 Å². The molecule has 0 saturated carbocycles. The number of nitrogens with zero attached hydrogens (tertiary/aromatic N) is 2. The average Bonchev–Trinajstić information content (AvgIpc) is 2.04. The van der Waals surface area contributed by atoms with Crippen molar-refractivity contribution in [2.75, 3.05) is 7.11 Å². The van der Waals surface area contributed by atoms with Crippen LogP contribution in [-0.4, -0.2) is 11.7 Å². The van der Waals surface area contributed by atoms with Crippen LogP contribution in [0.3, 0.4) is 0 Å². The molecule has 0 spiro atoms. The summed E-state index contributed by atoms with van der Waals surface area (Å²) in [6.45, 7) is 0. The van der Waals surface area contributed by atoms with Crippen LogP contribution in [0.5, 0.6) is 5.75 Å². The van der Waals surface area contributed by atoms with Gasteiger partial charge < -0.3 is 15.1 Å². The number of ether oxygens (including phenoxy) is 1. The van der Waals surface area contributed by atoms with E-state index in [1.165, 1.54) is 0 Å². The van der Waals surface area contributed by atoms with Crippen LogP contribution in [0.25, 0.3) is 0 Å². The Morgan fingerprint density at radius 1 is 1.64 bits per heavy atom. The highest BCUT2D eigenvalue weighted by Crippen LogP contribution is 1.98. The number of aryl methyl sites for hydroxylation is 1. The van der Waals surface area contributed by atoms with E-state index in [4.69, 9.17) is 10.6 Å². The van der Waals surface area contributed by atoms with Crippen LogP contribution in [-0.2, 0) is 7.05 Å². The van der Waals surface area contributed by atoms with Gasteiger partial charge in [0.2, 0.25) is 0 Å². The van der Waals surface area contributed by atoms with Gasteiger partial charge in [0.1, 0.15) is 5.36 Å². The number of hydrogen-bond acceptors (Lipinski definition) is 3. The lowest BCUT2D eigenvalue weighted by atomic mass is 10.4. The molecule has 0 atom stereocenters. The zero-order valence-electron chi connectivity index (χ0n) is 6.61. The van der Waals surface area contributed by atoms with Gasteiger partial charge in [-0.2, -0.15) is 5.10 Å². The summed E-state index contributed by atoms with van der Waals surface area (Å²) in [6.07, 6.45) is 3.67. The fraction of sp³-hybridized carbons (Fsp3) is 0.286.